The van der Waals surface area contributed by atoms with Crippen molar-refractivity contribution in [3.8, 4) is 11.3 Å². The van der Waals surface area contributed by atoms with Gasteiger partial charge in [-0.3, -0.25) is 0 Å². The average Bonchev–Trinajstić information content (AvgIpc) is 2.50. The third kappa shape index (κ3) is 1.78. The van der Waals surface area contributed by atoms with Gasteiger partial charge in [0.05, 0.1) is 0 Å². The number of aromatic nitrogens is 2. The third-order valence-electron chi connectivity index (χ3n) is 1.86. The number of aromatic amines is 1. The summed E-state index contributed by atoms with van der Waals surface area (Å²) in [7, 11) is 0. The number of anilines is 1. The van der Waals surface area contributed by atoms with Crippen molar-refractivity contribution in [3.63, 3.8) is 0 Å². The number of hydrogen-bond donors (Lipinski definition) is 2. The van der Waals surface area contributed by atoms with E-state index in [0.29, 0.717) is 0 Å². The fourth-order valence-electron chi connectivity index (χ4n) is 1.23. The van der Waals surface area contributed by atoms with Crippen LogP contribution in [0.25, 0.3) is 11.3 Å². The van der Waals surface area contributed by atoms with Crippen molar-refractivity contribution < 1.29 is 8.78 Å². The van der Waals surface area contributed by atoms with Crippen LogP contribution in [0.15, 0.2) is 18.2 Å². The van der Waals surface area contributed by atoms with Gasteiger partial charge in [-0.1, -0.05) is 11.6 Å². The van der Waals surface area contributed by atoms with E-state index in [4.69, 9.17) is 17.3 Å². The molecule has 0 fully saturated rings. The Morgan fingerprint density at radius 3 is 2.67 bits per heavy atom. The summed E-state index contributed by atoms with van der Waals surface area (Å²) < 4.78 is 26.2. The summed E-state index contributed by atoms with van der Waals surface area (Å²) >= 11 is 5.72. The van der Waals surface area contributed by atoms with Crippen LogP contribution < -0.4 is 5.73 Å². The highest BCUT2D eigenvalue weighted by Crippen LogP contribution is 2.28. The molecule has 0 saturated carbocycles. The lowest BCUT2D eigenvalue weighted by atomic mass is 10.1. The van der Waals surface area contributed by atoms with Crippen molar-refractivity contribution in [1.29, 1.82) is 0 Å². The van der Waals surface area contributed by atoms with Gasteiger partial charge in [0.1, 0.15) is 22.5 Å². The molecule has 2 rings (SSSR count). The monoisotopic (exact) mass is 229 g/mol. The summed E-state index contributed by atoms with van der Waals surface area (Å²) in [6.45, 7) is 0. The molecule has 0 radical (unpaired) electrons. The van der Waals surface area contributed by atoms with E-state index in [2.05, 4.69) is 9.97 Å². The number of nitrogen functional groups attached to an aromatic ring is 1. The minimum absolute atomic E-state index is 0.0204. The predicted molar refractivity (Wildman–Crippen MR) is 53.4 cm³/mol. The van der Waals surface area contributed by atoms with Gasteiger partial charge in [-0.2, -0.15) is 0 Å². The van der Waals surface area contributed by atoms with Crippen LogP contribution in [0.4, 0.5) is 14.7 Å². The first-order chi connectivity index (χ1) is 7.08. The molecule has 0 aliphatic heterocycles. The molecule has 3 N–H and O–H groups in total. The molecule has 6 heteroatoms. The van der Waals surface area contributed by atoms with E-state index in [1.54, 1.807) is 0 Å². The standard InChI is InChI=1S/C9H6ClF2N3/c10-8-7(14-9(13)15-8)5-3-4(11)1-2-6(5)12/h1-3H,(H3,13,14,15). The molecule has 2 aromatic rings. The summed E-state index contributed by atoms with van der Waals surface area (Å²) in [5.41, 5.74) is 5.42. The Kier molecular flexibility index (Phi) is 2.32. The molecule has 0 bridgehead atoms. The zero-order valence-electron chi connectivity index (χ0n) is 7.39. The Balaban J connectivity index is 2.62. The summed E-state index contributed by atoms with van der Waals surface area (Å²) in [5.74, 6) is -1.12. The van der Waals surface area contributed by atoms with Crippen LogP contribution >= 0.6 is 11.6 Å². The van der Waals surface area contributed by atoms with Crippen LogP contribution in [0.5, 0.6) is 0 Å². The van der Waals surface area contributed by atoms with E-state index in [-0.39, 0.29) is 22.4 Å². The van der Waals surface area contributed by atoms with E-state index in [0.717, 1.165) is 18.2 Å². The minimum atomic E-state index is -0.607. The Labute approximate surface area is 88.9 Å². The fraction of sp³-hybridized carbons (Fsp3) is 0. The first-order valence-electron chi connectivity index (χ1n) is 4.04. The number of hydrogen-bond acceptors (Lipinski definition) is 2. The van der Waals surface area contributed by atoms with E-state index < -0.39 is 11.6 Å². The highest BCUT2D eigenvalue weighted by Gasteiger charge is 2.14. The lowest BCUT2D eigenvalue weighted by molar-refractivity contribution is 0.603. The van der Waals surface area contributed by atoms with Crippen molar-refractivity contribution in [1.82, 2.24) is 9.97 Å². The SMILES string of the molecule is Nc1nc(-c2cc(F)ccc2F)c(Cl)[nH]1. The molecule has 0 amide bonds. The van der Waals surface area contributed by atoms with E-state index in [9.17, 15) is 8.78 Å². The second-order valence-electron chi connectivity index (χ2n) is 2.91. The molecule has 1 aromatic heterocycles. The van der Waals surface area contributed by atoms with Gasteiger partial charge in [0, 0.05) is 5.56 Å². The van der Waals surface area contributed by atoms with E-state index in [1.807, 2.05) is 0 Å². The number of benzene rings is 1. The minimum Gasteiger partial charge on any atom is -0.369 e. The van der Waals surface area contributed by atoms with Crippen molar-refractivity contribution >= 4 is 17.5 Å². The van der Waals surface area contributed by atoms with Gasteiger partial charge in [-0.25, -0.2) is 13.8 Å². The molecule has 0 atom stereocenters. The Morgan fingerprint density at radius 2 is 2.07 bits per heavy atom. The fourth-order valence-corrected chi connectivity index (χ4v) is 1.47. The summed E-state index contributed by atoms with van der Waals surface area (Å²) in [6.07, 6.45) is 0. The maximum Gasteiger partial charge on any atom is 0.199 e. The summed E-state index contributed by atoms with van der Waals surface area (Å²) in [4.78, 5) is 6.26. The number of nitrogens with two attached hydrogens (primary N) is 1. The first kappa shape index (κ1) is 9.92. The van der Waals surface area contributed by atoms with E-state index in [1.165, 1.54) is 0 Å². The molecule has 78 valence electrons. The lowest BCUT2D eigenvalue weighted by Crippen LogP contribution is -1.88. The molecule has 0 unspecified atom stereocenters. The number of H-pyrrole nitrogens is 1. The molecule has 0 saturated heterocycles. The predicted octanol–water partition coefficient (Wildman–Crippen LogP) is 2.59. The van der Waals surface area contributed by atoms with Gasteiger partial charge in [0.25, 0.3) is 0 Å². The van der Waals surface area contributed by atoms with Crippen LogP contribution in [0.1, 0.15) is 0 Å². The van der Waals surface area contributed by atoms with Crippen LogP contribution in [0, 0.1) is 11.6 Å². The quantitative estimate of drug-likeness (QED) is 0.790. The van der Waals surface area contributed by atoms with Gasteiger partial charge in [0.2, 0.25) is 0 Å². The topological polar surface area (TPSA) is 54.7 Å². The van der Waals surface area contributed by atoms with Gasteiger partial charge in [-0.15, -0.1) is 0 Å². The molecule has 0 spiro atoms. The molecule has 15 heavy (non-hydrogen) atoms. The number of rotatable bonds is 1. The molecule has 0 aliphatic rings. The molecule has 3 nitrogen and oxygen atoms in total. The average molecular weight is 230 g/mol. The molecule has 0 aliphatic carbocycles. The number of halogens is 3. The maximum atomic E-state index is 13.3. The normalized spacial score (nSPS) is 10.6. The zero-order valence-corrected chi connectivity index (χ0v) is 8.15. The van der Waals surface area contributed by atoms with Gasteiger partial charge < -0.3 is 10.7 Å². The second-order valence-corrected chi connectivity index (χ2v) is 3.29. The van der Waals surface area contributed by atoms with Gasteiger partial charge in [0.15, 0.2) is 5.95 Å². The Bertz CT molecular complexity index is 510. The second kappa shape index (κ2) is 3.51. The van der Waals surface area contributed by atoms with Crippen LogP contribution in [0.3, 0.4) is 0 Å². The molecular weight excluding hydrogens is 224 g/mol. The molecular formula is C9H6ClF2N3. The first-order valence-corrected chi connectivity index (χ1v) is 4.42. The maximum absolute atomic E-state index is 13.3. The smallest absolute Gasteiger partial charge is 0.199 e. The lowest BCUT2D eigenvalue weighted by Gasteiger charge is -1.99. The Morgan fingerprint density at radius 1 is 1.33 bits per heavy atom. The zero-order chi connectivity index (χ0) is 11.0. The molecule has 1 aromatic carbocycles. The van der Waals surface area contributed by atoms with Crippen LogP contribution in [-0.4, -0.2) is 9.97 Å². The van der Waals surface area contributed by atoms with Crippen molar-refractivity contribution in [2.75, 3.05) is 5.73 Å². The number of nitrogens with zero attached hydrogens (tertiary/aromatic N) is 1. The number of nitrogens with one attached hydrogen (secondary N) is 1. The van der Waals surface area contributed by atoms with Crippen molar-refractivity contribution in [2.45, 2.75) is 0 Å². The van der Waals surface area contributed by atoms with E-state index >= 15 is 0 Å². The largest absolute Gasteiger partial charge is 0.369 e. The molecule has 1 heterocycles. The van der Waals surface area contributed by atoms with Crippen LogP contribution in [0.2, 0.25) is 5.15 Å². The van der Waals surface area contributed by atoms with Gasteiger partial charge in [-0.05, 0) is 18.2 Å². The Hall–Kier alpha value is -1.62. The van der Waals surface area contributed by atoms with Gasteiger partial charge >= 0.3 is 0 Å². The van der Waals surface area contributed by atoms with Crippen molar-refractivity contribution in [3.05, 3.63) is 35.0 Å². The highest BCUT2D eigenvalue weighted by atomic mass is 35.5. The van der Waals surface area contributed by atoms with Crippen LogP contribution in [-0.2, 0) is 0 Å². The summed E-state index contributed by atoms with van der Waals surface area (Å²) in [5, 5.41) is 0.0806. The summed E-state index contributed by atoms with van der Waals surface area (Å²) in [6, 6.07) is 3.03. The number of imidazole rings is 1. The van der Waals surface area contributed by atoms with Crippen molar-refractivity contribution in [2.24, 2.45) is 0 Å². The third-order valence-corrected chi connectivity index (χ3v) is 2.14. The highest BCUT2D eigenvalue weighted by molar-refractivity contribution is 6.32.